The van der Waals surface area contributed by atoms with Crippen LogP contribution in [0.1, 0.15) is 425 Å². The highest BCUT2D eigenvalue weighted by molar-refractivity contribution is 5.76. The minimum absolute atomic E-state index is 0.130. The summed E-state index contributed by atoms with van der Waals surface area (Å²) >= 11 is 0. The Bertz CT molecular complexity index is 1300. The lowest BCUT2D eigenvalue weighted by molar-refractivity contribution is -0.302. The summed E-state index contributed by atoms with van der Waals surface area (Å²) < 4.78 is 11.4. The van der Waals surface area contributed by atoms with Gasteiger partial charge in [0.1, 0.15) is 24.4 Å². The Kier molecular flexibility index (Phi) is 63.9. The van der Waals surface area contributed by atoms with Crippen LogP contribution in [-0.4, -0.2) is 87.5 Å². The molecule has 7 atom stereocenters. The van der Waals surface area contributed by atoms with Gasteiger partial charge in [-0.05, 0) is 12.8 Å². The molecule has 0 aromatic carbocycles. The van der Waals surface area contributed by atoms with Crippen LogP contribution in [0, 0.1) is 0 Å². The number of hydrogen-bond donors (Lipinski definition) is 6. The van der Waals surface area contributed by atoms with Crippen molar-refractivity contribution in [2.24, 2.45) is 0 Å². The fraction of sp³-hybridized carbons (Fsp3) is 0.987. The molecule has 0 spiro atoms. The second-order valence-electron chi connectivity index (χ2n) is 27.5. The van der Waals surface area contributed by atoms with Crippen molar-refractivity contribution in [2.75, 3.05) is 13.2 Å². The molecule has 1 amide bonds. The Morgan fingerprint density at radius 3 is 0.835 bits per heavy atom. The van der Waals surface area contributed by atoms with Crippen molar-refractivity contribution in [3.63, 3.8) is 0 Å². The predicted octanol–water partition coefficient (Wildman–Crippen LogP) is 21.7. The van der Waals surface area contributed by atoms with Crippen molar-refractivity contribution >= 4 is 5.91 Å². The van der Waals surface area contributed by atoms with E-state index in [-0.39, 0.29) is 12.5 Å². The average molecular weight is 1210 g/mol. The predicted molar refractivity (Wildman–Crippen MR) is 364 cm³/mol. The van der Waals surface area contributed by atoms with Crippen LogP contribution in [0.2, 0.25) is 0 Å². The van der Waals surface area contributed by atoms with E-state index in [0.717, 1.165) is 38.5 Å². The Hall–Kier alpha value is -0.810. The molecule has 508 valence electrons. The van der Waals surface area contributed by atoms with E-state index in [9.17, 15) is 30.3 Å². The van der Waals surface area contributed by atoms with Gasteiger partial charge >= 0.3 is 0 Å². The number of nitrogens with one attached hydrogen (secondary N) is 1. The highest BCUT2D eigenvalue weighted by atomic mass is 16.7. The minimum atomic E-state index is -1.55. The van der Waals surface area contributed by atoms with Crippen molar-refractivity contribution in [1.82, 2.24) is 5.32 Å². The Morgan fingerprint density at radius 1 is 0.353 bits per heavy atom. The first-order valence-corrected chi connectivity index (χ1v) is 38.7. The van der Waals surface area contributed by atoms with Crippen LogP contribution in [0.25, 0.3) is 0 Å². The van der Waals surface area contributed by atoms with Gasteiger partial charge in [0.25, 0.3) is 0 Å². The molecule has 1 fully saturated rings. The topological polar surface area (TPSA) is 149 Å². The highest BCUT2D eigenvalue weighted by Gasteiger charge is 2.44. The van der Waals surface area contributed by atoms with Gasteiger partial charge in [0.2, 0.25) is 5.91 Å². The number of carbonyl (C=O) groups is 1. The number of carbonyl (C=O) groups excluding carboxylic acids is 1. The molecular formula is C76H151NO8. The third kappa shape index (κ3) is 54.6. The molecule has 0 aliphatic carbocycles. The van der Waals surface area contributed by atoms with E-state index in [0.29, 0.717) is 12.8 Å². The zero-order valence-corrected chi connectivity index (χ0v) is 57.2. The van der Waals surface area contributed by atoms with Crippen molar-refractivity contribution in [3.05, 3.63) is 0 Å². The van der Waals surface area contributed by atoms with Gasteiger partial charge in [-0.2, -0.15) is 0 Å². The quantitative estimate of drug-likeness (QED) is 0.0330. The van der Waals surface area contributed by atoms with E-state index in [2.05, 4.69) is 19.2 Å². The largest absolute Gasteiger partial charge is 0.394 e. The summed E-state index contributed by atoms with van der Waals surface area (Å²) in [6.07, 6.45) is 77.9. The molecule has 9 nitrogen and oxygen atoms in total. The Labute approximate surface area is 529 Å². The molecule has 1 heterocycles. The van der Waals surface area contributed by atoms with Crippen LogP contribution in [0.4, 0.5) is 0 Å². The average Bonchev–Trinajstić information content (AvgIpc) is 3.66. The van der Waals surface area contributed by atoms with Crippen molar-refractivity contribution in [1.29, 1.82) is 0 Å². The molecule has 6 N–H and O–H groups in total. The summed E-state index contributed by atoms with van der Waals surface area (Å²) in [4.78, 5) is 13.2. The fourth-order valence-electron chi connectivity index (χ4n) is 13.2. The molecule has 0 radical (unpaired) electrons. The molecule has 1 saturated heterocycles. The first-order valence-electron chi connectivity index (χ1n) is 38.7. The van der Waals surface area contributed by atoms with Crippen molar-refractivity contribution in [3.8, 4) is 0 Å². The molecule has 0 aromatic rings. The third-order valence-corrected chi connectivity index (χ3v) is 19.2. The molecule has 0 bridgehead atoms. The summed E-state index contributed by atoms with van der Waals surface area (Å²) in [7, 11) is 0. The van der Waals surface area contributed by atoms with Gasteiger partial charge in [-0.15, -0.1) is 0 Å². The van der Waals surface area contributed by atoms with Crippen molar-refractivity contribution in [2.45, 2.75) is 468 Å². The number of unbranched alkanes of at least 4 members (excludes halogenated alkanes) is 60. The highest BCUT2D eigenvalue weighted by Crippen LogP contribution is 2.24. The van der Waals surface area contributed by atoms with E-state index >= 15 is 0 Å². The zero-order valence-electron chi connectivity index (χ0n) is 57.2. The first-order chi connectivity index (χ1) is 41.8. The maximum atomic E-state index is 13.2. The van der Waals surface area contributed by atoms with Crippen molar-refractivity contribution < 1.29 is 39.8 Å². The lowest BCUT2D eigenvalue weighted by atomic mass is 9.99. The summed E-state index contributed by atoms with van der Waals surface area (Å²) in [6, 6.07) is -0.715. The third-order valence-electron chi connectivity index (χ3n) is 19.2. The van der Waals surface area contributed by atoms with E-state index in [1.807, 2.05) is 0 Å². The second-order valence-corrected chi connectivity index (χ2v) is 27.5. The van der Waals surface area contributed by atoms with Gasteiger partial charge < -0.3 is 40.3 Å². The smallest absolute Gasteiger partial charge is 0.220 e. The van der Waals surface area contributed by atoms with E-state index < -0.39 is 49.5 Å². The number of aliphatic hydroxyl groups is 5. The maximum absolute atomic E-state index is 13.2. The van der Waals surface area contributed by atoms with Gasteiger partial charge in [-0.1, -0.05) is 406 Å². The molecular weight excluding hydrogens is 1050 g/mol. The lowest BCUT2D eigenvalue weighted by Gasteiger charge is -2.40. The monoisotopic (exact) mass is 1210 g/mol. The van der Waals surface area contributed by atoms with Gasteiger partial charge in [0.05, 0.1) is 25.4 Å². The fourth-order valence-corrected chi connectivity index (χ4v) is 13.2. The van der Waals surface area contributed by atoms with E-state index in [4.69, 9.17) is 9.47 Å². The number of aliphatic hydroxyl groups excluding tert-OH is 5. The summed E-state index contributed by atoms with van der Waals surface area (Å²) in [5, 5.41) is 55.0. The SMILES string of the molecule is CCCCCCCCCCCCCCCCCCCCCCCCCCCCCCCCCCCCCCCCCC(=O)NC(COC1OC(CO)C(O)C(O)C1O)C(O)CCCCCCCCCCCCCCCCCCCCCCCCC. The minimum Gasteiger partial charge on any atom is -0.394 e. The number of rotatable bonds is 70. The van der Waals surface area contributed by atoms with Gasteiger partial charge in [-0.3, -0.25) is 4.79 Å². The van der Waals surface area contributed by atoms with Gasteiger partial charge in [0.15, 0.2) is 6.29 Å². The van der Waals surface area contributed by atoms with Gasteiger partial charge in [0, 0.05) is 6.42 Å². The molecule has 1 aliphatic heterocycles. The summed E-state index contributed by atoms with van der Waals surface area (Å²) in [5.74, 6) is -0.132. The van der Waals surface area contributed by atoms with E-state index in [1.165, 1.54) is 360 Å². The molecule has 7 unspecified atom stereocenters. The van der Waals surface area contributed by atoms with Gasteiger partial charge in [-0.25, -0.2) is 0 Å². The molecule has 1 rings (SSSR count). The zero-order chi connectivity index (χ0) is 61.4. The summed E-state index contributed by atoms with van der Waals surface area (Å²) in [6.45, 7) is 3.92. The molecule has 9 heteroatoms. The molecule has 85 heavy (non-hydrogen) atoms. The van der Waals surface area contributed by atoms with E-state index in [1.54, 1.807) is 0 Å². The normalized spacial score (nSPS) is 17.9. The molecule has 1 aliphatic rings. The number of hydrogen-bond acceptors (Lipinski definition) is 8. The number of ether oxygens (including phenoxy) is 2. The van der Waals surface area contributed by atoms with Crippen LogP contribution >= 0.6 is 0 Å². The lowest BCUT2D eigenvalue weighted by Crippen LogP contribution is -2.60. The first kappa shape index (κ1) is 82.2. The molecule has 0 aromatic heterocycles. The maximum Gasteiger partial charge on any atom is 0.220 e. The van der Waals surface area contributed by atoms with Crippen LogP contribution in [0.15, 0.2) is 0 Å². The Morgan fingerprint density at radius 2 is 0.588 bits per heavy atom. The molecule has 0 saturated carbocycles. The van der Waals surface area contributed by atoms with Crippen LogP contribution in [-0.2, 0) is 14.3 Å². The summed E-state index contributed by atoms with van der Waals surface area (Å²) in [5.41, 5.74) is 0. The van der Waals surface area contributed by atoms with Crippen LogP contribution in [0.5, 0.6) is 0 Å². The standard InChI is InChI=1S/C76H151NO8/c1-3-5-7-9-11-13-15-17-19-21-23-25-27-28-29-30-31-32-33-34-35-36-37-38-39-40-41-42-44-46-48-50-52-54-56-58-60-62-64-66-72(80)77-69(68-84-76-75(83)74(82)73(81)71(67-78)85-76)70(79)65-63-61-59-57-55-53-51-49-47-45-43-26-24-22-20-18-16-14-12-10-8-6-4-2/h69-71,73-76,78-79,81-83H,3-68H2,1-2H3,(H,77,80). The van der Waals surface area contributed by atoms with Crippen LogP contribution in [0.3, 0.4) is 0 Å². The van der Waals surface area contributed by atoms with Crippen LogP contribution < -0.4 is 5.32 Å². The Balaban J connectivity index is 2.02. The second kappa shape index (κ2) is 66.1. The number of amides is 1.